The monoisotopic (exact) mass is 167 g/mol. The topological polar surface area (TPSA) is 73.2 Å². The Hall–Kier alpha value is -1.98. The first kappa shape index (κ1) is 6.71. The molecule has 6 nitrogen and oxygen atoms in total. The van der Waals surface area contributed by atoms with Gasteiger partial charge in [0.25, 0.3) is 5.88 Å². The highest BCUT2D eigenvalue weighted by Gasteiger charge is 2.00. The summed E-state index contributed by atoms with van der Waals surface area (Å²) in [4.78, 5) is 13.0. The highest BCUT2D eigenvalue weighted by molar-refractivity contribution is 5.03. The lowest BCUT2D eigenvalue weighted by Crippen LogP contribution is -2.00. The van der Waals surface area contributed by atoms with Crippen molar-refractivity contribution in [3.8, 4) is 12.0 Å². The van der Waals surface area contributed by atoms with E-state index in [2.05, 4.69) is 20.1 Å². The van der Waals surface area contributed by atoms with Crippen molar-refractivity contribution in [2.45, 2.75) is 0 Å². The molecular formula is C6H5N3O3. The van der Waals surface area contributed by atoms with Crippen LogP contribution in [0.4, 0.5) is 0 Å². The van der Waals surface area contributed by atoms with Gasteiger partial charge < -0.3 is 4.42 Å². The molecule has 0 amide bonds. The van der Waals surface area contributed by atoms with Gasteiger partial charge in [0, 0.05) is 6.07 Å². The van der Waals surface area contributed by atoms with Crippen molar-refractivity contribution in [2.75, 3.05) is 0 Å². The van der Waals surface area contributed by atoms with Crippen LogP contribution in [0.25, 0.3) is 0 Å². The number of hydrogen-bond donors (Lipinski definition) is 1. The van der Waals surface area contributed by atoms with E-state index < -0.39 is 0 Å². The van der Waals surface area contributed by atoms with Gasteiger partial charge in [0.2, 0.25) is 0 Å². The van der Waals surface area contributed by atoms with Gasteiger partial charge in [-0.2, -0.15) is 10.1 Å². The average Bonchev–Trinajstić information content (AvgIpc) is 2.74. The Kier molecular flexibility index (Phi) is 1.65. The third kappa shape index (κ3) is 1.36. The SMILES string of the molecule is c1cc(OOc2ncco2)[nH]n1. The Bertz CT molecular complexity index is 281. The zero-order valence-corrected chi connectivity index (χ0v) is 5.93. The van der Waals surface area contributed by atoms with E-state index in [1.165, 1.54) is 18.7 Å². The zero-order chi connectivity index (χ0) is 8.23. The lowest BCUT2D eigenvalue weighted by Gasteiger charge is -1.95. The molecule has 2 aromatic rings. The van der Waals surface area contributed by atoms with E-state index in [-0.39, 0.29) is 6.08 Å². The van der Waals surface area contributed by atoms with E-state index in [0.29, 0.717) is 5.88 Å². The van der Waals surface area contributed by atoms with Crippen LogP contribution in [-0.2, 0) is 0 Å². The zero-order valence-electron chi connectivity index (χ0n) is 5.93. The van der Waals surface area contributed by atoms with Crippen LogP contribution in [0, 0.1) is 0 Å². The van der Waals surface area contributed by atoms with Crippen molar-refractivity contribution in [2.24, 2.45) is 0 Å². The minimum absolute atomic E-state index is 0.0459. The van der Waals surface area contributed by atoms with E-state index >= 15 is 0 Å². The number of rotatable bonds is 3. The van der Waals surface area contributed by atoms with Crippen molar-refractivity contribution < 1.29 is 14.2 Å². The molecule has 0 aromatic carbocycles. The third-order valence-corrected chi connectivity index (χ3v) is 1.09. The lowest BCUT2D eigenvalue weighted by atomic mass is 10.7. The van der Waals surface area contributed by atoms with Gasteiger partial charge in [0.15, 0.2) is 0 Å². The molecule has 0 aliphatic rings. The molecule has 62 valence electrons. The van der Waals surface area contributed by atoms with Gasteiger partial charge in [-0.05, 0) is 0 Å². The van der Waals surface area contributed by atoms with Gasteiger partial charge in [0.05, 0.1) is 12.4 Å². The van der Waals surface area contributed by atoms with Crippen LogP contribution in [0.15, 0.2) is 29.1 Å². The molecule has 6 heteroatoms. The predicted molar refractivity (Wildman–Crippen MR) is 36.3 cm³/mol. The molecule has 0 saturated heterocycles. The molecule has 0 saturated carbocycles. The van der Waals surface area contributed by atoms with Gasteiger partial charge in [-0.15, -0.1) is 0 Å². The fraction of sp³-hybridized carbons (Fsp3) is 0. The summed E-state index contributed by atoms with van der Waals surface area (Å²) in [5.41, 5.74) is 0. The molecule has 12 heavy (non-hydrogen) atoms. The minimum atomic E-state index is 0.0459. The maximum atomic E-state index is 4.74. The molecule has 0 spiro atoms. The summed E-state index contributed by atoms with van der Waals surface area (Å²) in [6.45, 7) is 0. The van der Waals surface area contributed by atoms with Crippen molar-refractivity contribution in [3.63, 3.8) is 0 Å². The molecule has 2 aromatic heterocycles. The van der Waals surface area contributed by atoms with Crippen molar-refractivity contribution in [1.29, 1.82) is 0 Å². The third-order valence-electron chi connectivity index (χ3n) is 1.09. The van der Waals surface area contributed by atoms with Gasteiger partial charge in [-0.3, -0.25) is 4.89 Å². The van der Waals surface area contributed by atoms with E-state index in [1.54, 1.807) is 6.07 Å². The highest BCUT2D eigenvalue weighted by Crippen LogP contribution is 2.08. The summed E-state index contributed by atoms with van der Waals surface area (Å²) < 4.78 is 4.74. The Labute approximate surface area is 67.1 Å². The molecule has 0 unspecified atom stereocenters. The van der Waals surface area contributed by atoms with Crippen LogP contribution in [-0.4, -0.2) is 15.2 Å². The number of H-pyrrole nitrogens is 1. The molecule has 0 aliphatic heterocycles. The van der Waals surface area contributed by atoms with Crippen molar-refractivity contribution in [3.05, 3.63) is 24.7 Å². The number of oxazole rings is 1. The first-order valence-corrected chi connectivity index (χ1v) is 3.18. The quantitative estimate of drug-likeness (QED) is 0.539. The molecule has 0 bridgehead atoms. The predicted octanol–water partition coefficient (Wildman–Crippen LogP) is 0.770. The van der Waals surface area contributed by atoms with Gasteiger partial charge >= 0.3 is 6.08 Å². The number of aromatic nitrogens is 3. The lowest BCUT2D eigenvalue weighted by molar-refractivity contribution is -0.127. The van der Waals surface area contributed by atoms with Crippen molar-refractivity contribution >= 4 is 0 Å². The van der Waals surface area contributed by atoms with E-state index in [0.717, 1.165) is 0 Å². The molecule has 0 aliphatic carbocycles. The second-order valence-corrected chi connectivity index (χ2v) is 1.89. The smallest absolute Gasteiger partial charge is 0.415 e. The van der Waals surface area contributed by atoms with Gasteiger partial charge in [0.1, 0.15) is 6.26 Å². The van der Waals surface area contributed by atoms with Gasteiger partial charge in [-0.1, -0.05) is 0 Å². The molecule has 1 N–H and O–H groups in total. The summed E-state index contributed by atoms with van der Waals surface area (Å²) in [5, 5.41) is 6.17. The molecule has 0 fully saturated rings. The van der Waals surface area contributed by atoms with E-state index in [9.17, 15) is 0 Å². The average molecular weight is 167 g/mol. The fourth-order valence-electron chi connectivity index (χ4n) is 0.622. The minimum Gasteiger partial charge on any atom is -0.415 e. The largest absolute Gasteiger partial charge is 0.438 e. The Morgan fingerprint density at radius 3 is 3.00 bits per heavy atom. The summed E-state index contributed by atoms with van der Waals surface area (Å²) in [5.74, 6) is 0.383. The standard InChI is InChI=1S/C6H5N3O3/c1-2-8-9-5(1)11-12-6-7-3-4-10-6/h1-4H,(H,8,9). The molecule has 2 rings (SSSR count). The number of nitrogens with zero attached hydrogens (tertiary/aromatic N) is 2. The van der Waals surface area contributed by atoms with Crippen LogP contribution in [0.1, 0.15) is 0 Å². The second-order valence-electron chi connectivity index (χ2n) is 1.89. The molecule has 0 radical (unpaired) electrons. The number of aromatic amines is 1. The van der Waals surface area contributed by atoms with Crippen LogP contribution >= 0.6 is 0 Å². The summed E-state index contributed by atoms with van der Waals surface area (Å²) in [6.07, 6.45) is 4.41. The van der Waals surface area contributed by atoms with Crippen LogP contribution < -0.4 is 9.78 Å². The first-order valence-electron chi connectivity index (χ1n) is 3.18. The molecule has 2 heterocycles. The van der Waals surface area contributed by atoms with E-state index in [4.69, 9.17) is 9.30 Å². The summed E-state index contributed by atoms with van der Waals surface area (Å²) >= 11 is 0. The summed E-state index contributed by atoms with van der Waals surface area (Å²) in [7, 11) is 0. The second kappa shape index (κ2) is 2.95. The maximum absolute atomic E-state index is 4.74. The van der Waals surface area contributed by atoms with Crippen LogP contribution in [0.5, 0.6) is 12.0 Å². The Morgan fingerprint density at radius 1 is 1.33 bits per heavy atom. The normalized spacial score (nSPS) is 9.67. The van der Waals surface area contributed by atoms with Crippen LogP contribution in [0.2, 0.25) is 0 Å². The van der Waals surface area contributed by atoms with E-state index in [1.807, 2.05) is 0 Å². The molecular weight excluding hydrogens is 162 g/mol. The highest BCUT2D eigenvalue weighted by atomic mass is 17.2. The number of nitrogens with one attached hydrogen (secondary N) is 1. The Morgan fingerprint density at radius 2 is 2.33 bits per heavy atom. The molecule has 0 atom stereocenters. The van der Waals surface area contributed by atoms with Crippen LogP contribution in [0.3, 0.4) is 0 Å². The first-order chi connectivity index (χ1) is 5.95. The Balaban J connectivity index is 1.91. The summed E-state index contributed by atoms with van der Waals surface area (Å²) in [6, 6.07) is 1.60. The maximum Gasteiger partial charge on any atom is 0.438 e. The fourth-order valence-corrected chi connectivity index (χ4v) is 0.622. The van der Waals surface area contributed by atoms with Crippen molar-refractivity contribution in [1.82, 2.24) is 15.2 Å². The number of hydrogen-bond acceptors (Lipinski definition) is 5. The van der Waals surface area contributed by atoms with Gasteiger partial charge in [-0.25, -0.2) is 9.99 Å².